The Morgan fingerprint density at radius 2 is 2.24 bits per heavy atom. The standard InChI is InChI=1S/C12H13BrN2O2/c1-8(16)11-5-9(13)3-4-12(11)17-10-6-14-15(2)7-10/h3-8,16H,1-2H3. The van der Waals surface area contributed by atoms with Crippen LogP contribution in [-0.4, -0.2) is 14.9 Å². The molecule has 0 aliphatic rings. The molecule has 5 heteroatoms. The Labute approximate surface area is 108 Å². The van der Waals surface area contributed by atoms with Crippen molar-refractivity contribution in [1.29, 1.82) is 0 Å². The Balaban J connectivity index is 2.32. The number of rotatable bonds is 3. The molecule has 0 saturated carbocycles. The predicted octanol–water partition coefficient (Wildman–Crippen LogP) is 3.03. The van der Waals surface area contributed by atoms with Gasteiger partial charge in [-0.05, 0) is 25.1 Å². The molecule has 90 valence electrons. The molecule has 1 atom stereocenters. The van der Waals surface area contributed by atoms with Crippen molar-refractivity contribution < 1.29 is 9.84 Å². The van der Waals surface area contributed by atoms with Crippen LogP contribution in [0.4, 0.5) is 0 Å². The van der Waals surface area contributed by atoms with Crippen molar-refractivity contribution in [3.8, 4) is 11.5 Å². The fourth-order valence-corrected chi connectivity index (χ4v) is 1.90. The number of aryl methyl sites for hydroxylation is 1. The van der Waals surface area contributed by atoms with E-state index >= 15 is 0 Å². The molecule has 2 rings (SSSR count). The summed E-state index contributed by atoms with van der Waals surface area (Å²) in [7, 11) is 1.82. The van der Waals surface area contributed by atoms with Gasteiger partial charge < -0.3 is 9.84 Å². The second-order valence-electron chi connectivity index (χ2n) is 3.81. The van der Waals surface area contributed by atoms with E-state index in [0.29, 0.717) is 11.5 Å². The number of aromatic nitrogens is 2. The first-order chi connectivity index (χ1) is 8.06. The number of hydrogen-bond donors (Lipinski definition) is 1. The number of benzene rings is 1. The smallest absolute Gasteiger partial charge is 0.165 e. The zero-order chi connectivity index (χ0) is 12.4. The molecule has 1 aromatic carbocycles. The normalized spacial score (nSPS) is 12.5. The molecular formula is C12H13BrN2O2. The maximum absolute atomic E-state index is 9.69. The van der Waals surface area contributed by atoms with Crippen LogP contribution in [0, 0.1) is 0 Å². The molecule has 0 radical (unpaired) electrons. The first kappa shape index (κ1) is 12.1. The van der Waals surface area contributed by atoms with Gasteiger partial charge in [-0.2, -0.15) is 5.10 Å². The van der Waals surface area contributed by atoms with Crippen LogP contribution in [0.1, 0.15) is 18.6 Å². The SMILES string of the molecule is CC(O)c1cc(Br)ccc1Oc1cnn(C)c1. The highest BCUT2D eigenvalue weighted by Gasteiger charge is 2.11. The van der Waals surface area contributed by atoms with Crippen LogP contribution in [0.25, 0.3) is 0 Å². The molecule has 0 saturated heterocycles. The number of aliphatic hydroxyl groups is 1. The molecule has 0 aliphatic carbocycles. The molecule has 1 N–H and O–H groups in total. The van der Waals surface area contributed by atoms with Gasteiger partial charge in [0.05, 0.1) is 18.5 Å². The van der Waals surface area contributed by atoms with Crippen molar-refractivity contribution in [2.24, 2.45) is 7.05 Å². The second kappa shape index (κ2) is 4.89. The summed E-state index contributed by atoms with van der Waals surface area (Å²) in [5.41, 5.74) is 0.739. The van der Waals surface area contributed by atoms with Gasteiger partial charge in [0.15, 0.2) is 5.75 Å². The first-order valence-electron chi connectivity index (χ1n) is 5.20. The van der Waals surface area contributed by atoms with Crippen LogP contribution in [0.15, 0.2) is 35.1 Å². The van der Waals surface area contributed by atoms with Gasteiger partial charge in [-0.3, -0.25) is 4.68 Å². The fourth-order valence-electron chi connectivity index (χ4n) is 1.52. The molecule has 0 bridgehead atoms. The lowest BCUT2D eigenvalue weighted by Crippen LogP contribution is -1.95. The Morgan fingerprint density at radius 1 is 1.47 bits per heavy atom. The lowest BCUT2D eigenvalue weighted by Gasteiger charge is -2.12. The monoisotopic (exact) mass is 296 g/mol. The fraction of sp³-hybridized carbons (Fsp3) is 0.250. The molecule has 4 nitrogen and oxygen atoms in total. The Kier molecular flexibility index (Phi) is 3.49. The molecule has 0 fully saturated rings. The largest absolute Gasteiger partial charge is 0.454 e. The van der Waals surface area contributed by atoms with Crippen LogP contribution in [0.5, 0.6) is 11.5 Å². The van der Waals surface area contributed by atoms with E-state index in [1.165, 1.54) is 0 Å². The third-order valence-electron chi connectivity index (χ3n) is 2.33. The zero-order valence-corrected chi connectivity index (χ0v) is 11.2. The maximum atomic E-state index is 9.69. The number of nitrogens with zero attached hydrogens (tertiary/aromatic N) is 2. The highest BCUT2D eigenvalue weighted by molar-refractivity contribution is 9.10. The Hall–Kier alpha value is -1.33. The lowest BCUT2D eigenvalue weighted by molar-refractivity contribution is 0.195. The average molecular weight is 297 g/mol. The van der Waals surface area contributed by atoms with E-state index in [2.05, 4.69) is 21.0 Å². The van der Waals surface area contributed by atoms with Gasteiger partial charge in [0, 0.05) is 17.1 Å². The van der Waals surface area contributed by atoms with Gasteiger partial charge in [-0.25, -0.2) is 0 Å². The highest BCUT2D eigenvalue weighted by atomic mass is 79.9. The minimum absolute atomic E-state index is 0.584. The molecule has 1 heterocycles. The van der Waals surface area contributed by atoms with E-state index in [-0.39, 0.29) is 0 Å². The summed E-state index contributed by atoms with van der Waals surface area (Å²) in [4.78, 5) is 0. The molecule has 1 unspecified atom stereocenters. The zero-order valence-electron chi connectivity index (χ0n) is 9.59. The third-order valence-corrected chi connectivity index (χ3v) is 2.82. The van der Waals surface area contributed by atoms with Gasteiger partial charge in [-0.1, -0.05) is 15.9 Å². The van der Waals surface area contributed by atoms with Crippen LogP contribution in [0.2, 0.25) is 0 Å². The molecule has 0 amide bonds. The van der Waals surface area contributed by atoms with Gasteiger partial charge in [0.25, 0.3) is 0 Å². The van der Waals surface area contributed by atoms with Crippen molar-refractivity contribution in [3.05, 3.63) is 40.6 Å². The van der Waals surface area contributed by atoms with Crippen molar-refractivity contribution in [3.63, 3.8) is 0 Å². The van der Waals surface area contributed by atoms with Crippen molar-refractivity contribution >= 4 is 15.9 Å². The number of halogens is 1. The number of hydrogen-bond acceptors (Lipinski definition) is 3. The molecule has 2 aromatic rings. The Bertz CT molecular complexity index is 523. The molecule has 1 aromatic heterocycles. The van der Waals surface area contributed by atoms with Gasteiger partial charge in [-0.15, -0.1) is 0 Å². The van der Waals surface area contributed by atoms with E-state index in [0.717, 1.165) is 10.0 Å². The predicted molar refractivity (Wildman–Crippen MR) is 68.1 cm³/mol. The van der Waals surface area contributed by atoms with Crippen LogP contribution >= 0.6 is 15.9 Å². The lowest BCUT2D eigenvalue weighted by atomic mass is 10.1. The van der Waals surface area contributed by atoms with Crippen molar-refractivity contribution in [2.75, 3.05) is 0 Å². The van der Waals surface area contributed by atoms with Crippen LogP contribution in [-0.2, 0) is 7.05 Å². The number of aliphatic hydroxyl groups excluding tert-OH is 1. The van der Waals surface area contributed by atoms with Crippen molar-refractivity contribution in [1.82, 2.24) is 9.78 Å². The summed E-state index contributed by atoms with van der Waals surface area (Å²) < 4.78 is 8.25. The number of ether oxygens (including phenoxy) is 1. The van der Waals surface area contributed by atoms with E-state index < -0.39 is 6.10 Å². The first-order valence-corrected chi connectivity index (χ1v) is 5.99. The topological polar surface area (TPSA) is 47.3 Å². The molecule has 17 heavy (non-hydrogen) atoms. The van der Waals surface area contributed by atoms with Crippen LogP contribution in [0.3, 0.4) is 0 Å². The van der Waals surface area contributed by atoms with Gasteiger partial charge >= 0.3 is 0 Å². The summed E-state index contributed by atoms with van der Waals surface area (Å²) in [5.74, 6) is 1.29. The van der Waals surface area contributed by atoms with E-state index in [1.807, 2.05) is 25.2 Å². The molecule has 0 spiro atoms. The second-order valence-corrected chi connectivity index (χ2v) is 4.73. The summed E-state index contributed by atoms with van der Waals surface area (Å²) in [6.07, 6.45) is 2.82. The maximum Gasteiger partial charge on any atom is 0.165 e. The van der Waals surface area contributed by atoms with Crippen LogP contribution < -0.4 is 4.74 Å². The van der Waals surface area contributed by atoms with E-state index in [1.54, 1.807) is 24.0 Å². The highest BCUT2D eigenvalue weighted by Crippen LogP contribution is 2.31. The minimum Gasteiger partial charge on any atom is -0.454 e. The molecular weight excluding hydrogens is 284 g/mol. The van der Waals surface area contributed by atoms with Gasteiger partial charge in [0.2, 0.25) is 0 Å². The summed E-state index contributed by atoms with van der Waals surface area (Å²) >= 11 is 3.37. The minimum atomic E-state index is -0.584. The van der Waals surface area contributed by atoms with Crippen molar-refractivity contribution in [2.45, 2.75) is 13.0 Å². The summed E-state index contributed by atoms with van der Waals surface area (Å²) in [5, 5.41) is 13.7. The summed E-state index contributed by atoms with van der Waals surface area (Å²) in [6, 6.07) is 5.53. The van der Waals surface area contributed by atoms with E-state index in [9.17, 15) is 5.11 Å². The summed E-state index contributed by atoms with van der Waals surface area (Å²) in [6.45, 7) is 1.71. The van der Waals surface area contributed by atoms with E-state index in [4.69, 9.17) is 4.74 Å². The molecule has 0 aliphatic heterocycles. The quantitative estimate of drug-likeness (QED) is 0.947. The van der Waals surface area contributed by atoms with Gasteiger partial charge in [0.1, 0.15) is 5.75 Å². The third kappa shape index (κ3) is 2.87. The Morgan fingerprint density at radius 3 is 2.82 bits per heavy atom. The average Bonchev–Trinajstić information content (AvgIpc) is 2.66.